The molecule has 0 bridgehead atoms. The summed E-state index contributed by atoms with van der Waals surface area (Å²) in [5, 5.41) is 7.31. The van der Waals surface area contributed by atoms with Gasteiger partial charge in [-0.15, -0.1) is 0 Å². The van der Waals surface area contributed by atoms with E-state index >= 15 is 0 Å². The van der Waals surface area contributed by atoms with Crippen molar-refractivity contribution < 1.29 is 4.52 Å². The number of aryl methyl sites for hydroxylation is 1. The maximum Gasteiger partial charge on any atom is 0.164 e. The molecule has 0 saturated carbocycles. The van der Waals surface area contributed by atoms with Crippen LogP contribution in [-0.2, 0) is 0 Å². The number of allylic oxidation sites excluding steroid dienone is 1. The van der Waals surface area contributed by atoms with Gasteiger partial charge in [0, 0.05) is 24.2 Å². The molecule has 2 atom stereocenters. The molecule has 3 heteroatoms. The number of fused-ring (bicyclic) bond motifs is 1. The molecule has 2 aliphatic rings. The highest BCUT2D eigenvalue weighted by atomic mass is 16.5. The second-order valence-corrected chi connectivity index (χ2v) is 3.87. The zero-order chi connectivity index (χ0) is 8.84. The van der Waals surface area contributed by atoms with Gasteiger partial charge in [0.05, 0.1) is 5.69 Å². The number of nitrogens with zero attached hydrogens (tertiary/aromatic N) is 1. The predicted octanol–water partition coefficient (Wildman–Crippen LogP) is 1.36. The lowest BCUT2D eigenvalue weighted by atomic mass is 9.90. The molecule has 1 aromatic heterocycles. The Morgan fingerprint density at radius 2 is 2.54 bits per heavy atom. The van der Waals surface area contributed by atoms with E-state index in [1.165, 1.54) is 12.0 Å². The molecule has 68 valence electrons. The summed E-state index contributed by atoms with van der Waals surface area (Å²) in [5.41, 5.74) is 2.26. The Bertz CT molecular complexity index is 367. The van der Waals surface area contributed by atoms with Gasteiger partial charge in [-0.3, -0.25) is 0 Å². The fraction of sp³-hybridized carbons (Fsp3) is 0.500. The van der Waals surface area contributed by atoms with E-state index in [0.717, 1.165) is 23.9 Å². The van der Waals surface area contributed by atoms with Gasteiger partial charge >= 0.3 is 0 Å². The van der Waals surface area contributed by atoms with E-state index in [9.17, 15) is 0 Å². The predicted molar refractivity (Wildman–Crippen MR) is 49.1 cm³/mol. The normalized spacial score (nSPS) is 31.0. The molecule has 0 spiro atoms. The zero-order valence-corrected chi connectivity index (χ0v) is 7.58. The van der Waals surface area contributed by atoms with Crippen LogP contribution in [0, 0.1) is 12.8 Å². The number of rotatable bonds is 1. The first kappa shape index (κ1) is 7.33. The van der Waals surface area contributed by atoms with Gasteiger partial charge in [-0.2, -0.15) is 0 Å². The summed E-state index contributed by atoms with van der Waals surface area (Å²) < 4.78 is 5.24. The van der Waals surface area contributed by atoms with Crippen LogP contribution in [0.3, 0.4) is 0 Å². The summed E-state index contributed by atoms with van der Waals surface area (Å²) in [4.78, 5) is 0. The molecule has 13 heavy (non-hydrogen) atoms. The van der Waals surface area contributed by atoms with E-state index < -0.39 is 0 Å². The highest BCUT2D eigenvalue weighted by Gasteiger charge is 2.38. The minimum Gasteiger partial charge on any atom is -0.356 e. The van der Waals surface area contributed by atoms with Crippen molar-refractivity contribution in [1.82, 2.24) is 10.5 Å². The molecule has 1 saturated heterocycles. The molecule has 2 heterocycles. The first-order valence-corrected chi connectivity index (χ1v) is 4.72. The van der Waals surface area contributed by atoms with Crippen LogP contribution in [0.25, 0.3) is 5.57 Å². The van der Waals surface area contributed by atoms with E-state index in [4.69, 9.17) is 4.52 Å². The summed E-state index contributed by atoms with van der Waals surface area (Å²) in [6.45, 7) is 3.10. The molecule has 0 unspecified atom stereocenters. The molecule has 1 aliphatic carbocycles. The highest BCUT2D eigenvalue weighted by molar-refractivity contribution is 5.69. The largest absolute Gasteiger partial charge is 0.356 e. The third-order valence-corrected chi connectivity index (χ3v) is 2.96. The van der Waals surface area contributed by atoms with Crippen LogP contribution < -0.4 is 5.32 Å². The van der Waals surface area contributed by atoms with Gasteiger partial charge < -0.3 is 9.84 Å². The van der Waals surface area contributed by atoms with Crippen LogP contribution in [0.15, 0.2) is 16.7 Å². The Morgan fingerprint density at radius 3 is 3.08 bits per heavy atom. The Hall–Kier alpha value is -1.09. The molecule has 1 aromatic rings. The van der Waals surface area contributed by atoms with Crippen molar-refractivity contribution in [2.75, 3.05) is 6.54 Å². The monoisotopic (exact) mass is 176 g/mol. The standard InChI is InChI=1S/C10H12N2O/c1-6-4-9(13-12-6)8-3-2-7-5-11-10(7)8/h3-4,7,10-11H,2,5H2,1H3/t7-,10+/m1/s1. The summed E-state index contributed by atoms with van der Waals surface area (Å²) >= 11 is 0. The SMILES string of the molecule is Cc1cc(C2=CC[C@@H]3CN[C@H]23)on1. The van der Waals surface area contributed by atoms with Crippen LogP contribution in [0.1, 0.15) is 17.9 Å². The number of aromatic nitrogens is 1. The first-order valence-electron chi connectivity index (χ1n) is 4.72. The van der Waals surface area contributed by atoms with Crippen LogP contribution >= 0.6 is 0 Å². The van der Waals surface area contributed by atoms with Crippen LogP contribution in [0.4, 0.5) is 0 Å². The molecular weight excluding hydrogens is 164 g/mol. The summed E-state index contributed by atoms with van der Waals surface area (Å²) in [6.07, 6.45) is 3.46. The van der Waals surface area contributed by atoms with Crippen molar-refractivity contribution in [1.29, 1.82) is 0 Å². The van der Waals surface area contributed by atoms with Gasteiger partial charge in [-0.05, 0) is 19.3 Å². The summed E-state index contributed by atoms with van der Waals surface area (Å²) in [5.74, 6) is 1.75. The Balaban J connectivity index is 1.93. The second kappa shape index (κ2) is 2.45. The van der Waals surface area contributed by atoms with Crippen LogP contribution in [0.5, 0.6) is 0 Å². The average Bonchev–Trinajstić information content (AvgIpc) is 2.57. The Labute approximate surface area is 76.8 Å². The van der Waals surface area contributed by atoms with Gasteiger partial charge in [0.1, 0.15) is 0 Å². The van der Waals surface area contributed by atoms with Crippen molar-refractivity contribution in [3.05, 3.63) is 23.6 Å². The fourth-order valence-corrected chi connectivity index (χ4v) is 2.14. The summed E-state index contributed by atoms with van der Waals surface area (Å²) in [6, 6.07) is 2.54. The lowest BCUT2D eigenvalue weighted by molar-refractivity contribution is 0.301. The van der Waals surface area contributed by atoms with E-state index in [0.29, 0.717) is 6.04 Å². The van der Waals surface area contributed by atoms with E-state index in [2.05, 4.69) is 16.5 Å². The first-order chi connectivity index (χ1) is 6.34. The number of hydrogen-bond acceptors (Lipinski definition) is 3. The van der Waals surface area contributed by atoms with E-state index in [-0.39, 0.29) is 0 Å². The van der Waals surface area contributed by atoms with Crippen molar-refractivity contribution in [2.24, 2.45) is 5.92 Å². The lowest BCUT2D eigenvalue weighted by Crippen LogP contribution is -2.50. The maximum absolute atomic E-state index is 5.24. The molecule has 1 aliphatic heterocycles. The van der Waals surface area contributed by atoms with Crippen LogP contribution in [-0.4, -0.2) is 17.7 Å². The molecule has 1 fully saturated rings. The van der Waals surface area contributed by atoms with Crippen molar-refractivity contribution in [2.45, 2.75) is 19.4 Å². The third kappa shape index (κ3) is 0.968. The van der Waals surface area contributed by atoms with Crippen molar-refractivity contribution in [3.63, 3.8) is 0 Å². The van der Waals surface area contributed by atoms with Gasteiger partial charge in [0.25, 0.3) is 0 Å². The topological polar surface area (TPSA) is 38.1 Å². The lowest BCUT2D eigenvalue weighted by Gasteiger charge is -2.33. The average molecular weight is 176 g/mol. The molecular formula is C10H12N2O. The van der Waals surface area contributed by atoms with Gasteiger partial charge in [-0.1, -0.05) is 11.2 Å². The Kier molecular flexibility index (Phi) is 1.38. The number of nitrogens with one attached hydrogen (secondary N) is 1. The van der Waals surface area contributed by atoms with Crippen LogP contribution in [0.2, 0.25) is 0 Å². The molecule has 1 N–H and O–H groups in total. The van der Waals surface area contributed by atoms with Gasteiger partial charge in [-0.25, -0.2) is 0 Å². The Morgan fingerprint density at radius 1 is 1.62 bits per heavy atom. The third-order valence-electron chi connectivity index (χ3n) is 2.96. The van der Waals surface area contributed by atoms with Gasteiger partial charge in [0.2, 0.25) is 0 Å². The molecule has 0 radical (unpaired) electrons. The molecule has 0 amide bonds. The minimum atomic E-state index is 0.535. The smallest absolute Gasteiger partial charge is 0.164 e. The highest BCUT2D eigenvalue weighted by Crippen LogP contribution is 2.37. The second-order valence-electron chi connectivity index (χ2n) is 3.87. The molecule has 3 nitrogen and oxygen atoms in total. The van der Waals surface area contributed by atoms with Crippen molar-refractivity contribution >= 4 is 5.57 Å². The van der Waals surface area contributed by atoms with E-state index in [1.54, 1.807) is 0 Å². The van der Waals surface area contributed by atoms with Crippen molar-refractivity contribution in [3.8, 4) is 0 Å². The molecule has 0 aromatic carbocycles. The maximum atomic E-state index is 5.24. The molecule has 3 rings (SSSR count). The fourth-order valence-electron chi connectivity index (χ4n) is 2.14. The zero-order valence-electron chi connectivity index (χ0n) is 7.58. The number of hydrogen-bond donors (Lipinski definition) is 1. The summed E-state index contributed by atoms with van der Waals surface area (Å²) in [7, 11) is 0. The van der Waals surface area contributed by atoms with Gasteiger partial charge in [0.15, 0.2) is 5.76 Å². The quantitative estimate of drug-likeness (QED) is 0.702. The minimum absolute atomic E-state index is 0.535. The van der Waals surface area contributed by atoms with E-state index in [1.807, 2.05) is 13.0 Å².